The molecule has 0 bridgehead atoms. The number of benzene rings is 1. The van der Waals surface area contributed by atoms with Crippen LogP contribution in [0.5, 0.6) is 0 Å². The number of rotatable bonds is 5. The first-order chi connectivity index (χ1) is 9.10. The van der Waals surface area contributed by atoms with Gasteiger partial charge in [0.05, 0.1) is 0 Å². The van der Waals surface area contributed by atoms with Crippen LogP contribution in [0.25, 0.3) is 11.4 Å². The molecule has 0 aliphatic heterocycles. The number of nitrogens with one attached hydrogen (secondary N) is 1. The fraction of sp³-hybridized carbons (Fsp3) is 0.429. The molecule has 1 unspecified atom stereocenters. The van der Waals surface area contributed by atoms with Crippen LogP contribution in [-0.4, -0.2) is 23.2 Å². The van der Waals surface area contributed by atoms with Crippen molar-refractivity contribution in [2.24, 2.45) is 5.92 Å². The molecule has 1 heterocycles. The van der Waals surface area contributed by atoms with Crippen LogP contribution in [-0.2, 0) is 6.42 Å². The van der Waals surface area contributed by atoms with E-state index in [0.717, 1.165) is 12.0 Å². The van der Waals surface area contributed by atoms with Gasteiger partial charge in [0, 0.05) is 23.0 Å². The third kappa shape index (κ3) is 3.55. The lowest BCUT2D eigenvalue weighted by Crippen LogP contribution is -2.32. The summed E-state index contributed by atoms with van der Waals surface area (Å²) in [6, 6.07) is 7.73. The molecule has 0 aliphatic carbocycles. The quantitative estimate of drug-likeness (QED) is 0.913. The zero-order valence-corrected chi connectivity index (χ0v) is 12.1. The topological polar surface area (TPSA) is 51.0 Å². The van der Waals surface area contributed by atoms with Crippen molar-refractivity contribution in [1.82, 2.24) is 15.5 Å². The van der Waals surface area contributed by atoms with Crippen LogP contribution in [0.2, 0.25) is 5.02 Å². The summed E-state index contributed by atoms with van der Waals surface area (Å²) in [6.45, 7) is 4.33. The van der Waals surface area contributed by atoms with Gasteiger partial charge >= 0.3 is 0 Å². The summed E-state index contributed by atoms with van der Waals surface area (Å²) in [5, 5.41) is 7.96. The van der Waals surface area contributed by atoms with Crippen molar-refractivity contribution in [1.29, 1.82) is 0 Å². The van der Waals surface area contributed by atoms with Gasteiger partial charge in [0.1, 0.15) is 0 Å². The van der Waals surface area contributed by atoms with Crippen LogP contribution in [0.15, 0.2) is 28.8 Å². The Hall–Kier alpha value is -1.39. The lowest BCUT2D eigenvalue weighted by atomic mass is 10.0. The highest BCUT2D eigenvalue weighted by molar-refractivity contribution is 6.30. The Kier molecular flexibility index (Phi) is 4.56. The molecular formula is C14H18ClN3O. The highest BCUT2D eigenvalue weighted by Crippen LogP contribution is 2.19. The van der Waals surface area contributed by atoms with Crippen molar-refractivity contribution in [3.05, 3.63) is 35.2 Å². The molecule has 0 saturated carbocycles. The molecule has 0 spiro atoms. The van der Waals surface area contributed by atoms with Crippen molar-refractivity contribution in [3.8, 4) is 11.4 Å². The molecule has 2 rings (SSSR count). The van der Waals surface area contributed by atoms with Gasteiger partial charge in [-0.05, 0) is 37.2 Å². The summed E-state index contributed by atoms with van der Waals surface area (Å²) in [4.78, 5) is 4.42. The van der Waals surface area contributed by atoms with Gasteiger partial charge in [0.25, 0.3) is 0 Å². The van der Waals surface area contributed by atoms with Gasteiger partial charge in [-0.15, -0.1) is 0 Å². The maximum absolute atomic E-state index is 5.85. The molecule has 1 atom stereocenters. The van der Waals surface area contributed by atoms with E-state index < -0.39 is 0 Å². The van der Waals surface area contributed by atoms with E-state index in [1.165, 1.54) is 0 Å². The van der Waals surface area contributed by atoms with Gasteiger partial charge in [-0.25, -0.2) is 0 Å². The van der Waals surface area contributed by atoms with E-state index in [1.807, 2.05) is 31.3 Å². The summed E-state index contributed by atoms with van der Waals surface area (Å²) < 4.78 is 5.30. The zero-order valence-electron chi connectivity index (χ0n) is 11.4. The summed E-state index contributed by atoms with van der Waals surface area (Å²) >= 11 is 5.85. The van der Waals surface area contributed by atoms with Gasteiger partial charge < -0.3 is 9.84 Å². The molecule has 2 aromatic rings. The number of aromatic nitrogens is 2. The van der Waals surface area contributed by atoms with Gasteiger partial charge in [0.15, 0.2) is 0 Å². The zero-order chi connectivity index (χ0) is 13.8. The van der Waals surface area contributed by atoms with E-state index in [0.29, 0.717) is 28.7 Å². The Bertz CT molecular complexity index is 522. The molecule has 0 saturated heterocycles. The highest BCUT2D eigenvalue weighted by Gasteiger charge is 2.16. The minimum Gasteiger partial charge on any atom is -0.339 e. The van der Waals surface area contributed by atoms with E-state index in [9.17, 15) is 0 Å². The predicted molar refractivity (Wildman–Crippen MR) is 76.1 cm³/mol. The van der Waals surface area contributed by atoms with Gasteiger partial charge in [-0.1, -0.05) is 30.6 Å². The summed E-state index contributed by atoms with van der Waals surface area (Å²) in [7, 11) is 1.95. The van der Waals surface area contributed by atoms with E-state index in [1.54, 1.807) is 0 Å². The van der Waals surface area contributed by atoms with E-state index in [2.05, 4.69) is 29.3 Å². The Morgan fingerprint density at radius 2 is 1.95 bits per heavy atom. The Morgan fingerprint density at radius 3 is 2.53 bits per heavy atom. The Labute approximate surface area is 118 Å². The Morgan fingerprint density at radius 1 is 1.26 bits per heavy atom. The molecule has 1 N–H and O–H groups in total. The first-order valence-corrected chi connectivity index (χ1v) is 6.73. The van der Waals surface area contributed by atoms with Crippen molar-refractivity contribution >= 4 is 11.6 Å². The molecule has 0 radical (unpaired) electrons. The average Bonchev–Trinajstić information content (AvgIpc) is 2.85. The number of hydrogen-bond acceptors (Lipinski definition) is 4. The first kappa shape index (κ1) is 14.0. The van der Waals surface area contributed by atoms with Gasteiger partial charge in [-0.2, -0.15) is 4.98 Å². The molecule has 4 nitrogen and oxygen atoms in total. The lowest BCUT2D eigenvalue weighted by molar-refractivity contribution is 0.335. The highest BCUT2D eigenvalue weighted by atomic mass is 35.5. The normalized spacial score (nSPS) is 12.9. The van der Waals surface area contributed by atoms with E-state index >= 15 is 0 Å². The predicted octanol–water partition coefficient (Wildman–Crippen LogP) is 3.18. The van der Waals surface area contributed by atoms with Crippen LogP contribution in [0, 0.1) is 5.92 Å². The van der Waals surface area contributed by atoms with Crippen LogP contribution >= 0.6 is 11.6 Å². The van der Waals surface area contributed by atoms with E-state index in [4.69, 9.17) is 16.1 Å². The Balaban J connectivity index is 2.12. The van der Waals surface area contributed by atoms with Crippen molar-refractivity contribution in [2.45, 2.75) is 26.3 Å². The summed E-state index contributed by atoms with van der Waals surface area (Å²) in [5.74, 6) is 1.76. The standard InChI is InChI=1S/C14H18ClN3O/c1-9(2)12(16-3)8-13-17-14(18-19-13)10-4-6-11(15)7-5-10/h4-7,9,12,16H,8H2,1-3H3. The summed E-state index contributed by atoms with van der Waals surface area (Å²) in [5.41, 5.74) is 0.907. The van der Waals surface area contributed by atoms with Gasteiger partial charge in [0.2, 0.25) is 11.7 Å². The number of likely N-dealkylation sites (N-methyl/N-ethyl adjacent to an activating group) is 1. The van der Waals surface area contributed by atoms with E-state index in [-0.39, 0.29) is 0 Å². The van der Waals surface area contributed by atoms with Crippen LogP contribution in [0.1, 0.15) is 19.7 Å². The third-order valence-electron chi connectivity index (χ3n) is 3.14. The lowest BCUT2D eigenvalue weighted by Gasteiger charge is -2.17. The molecule has 0 aliphatic rings. The second-order valence-electron chi connectivity index (χ2n) is 4.86. The number of halogens is 1. The minimum absolute atomic E-state index is 0.332. The SMILES string of the molecule is CNC(Cc1nc(-c2ccc(Cl)cc2)no1)C(C)C. The van der Waals surface area contributed by atoms with Gasteiger partial charge in [-0.3, -0.25) is 0 Å². The minimum atomic E-state index is 0.332. The third-order valence-corrected chi connectivity index (χ3v) is 3.39. The smallest absolute Gasteiger partial charge is 0.228 e. The molecule has 102 valence electrons. The second-order valence-corrected chi connectivity index (χ2v) is 5.30. The van der Waals surface area contributed by atoms with Crippen LogP contribution in [0.4, 0.5) is 0 Å². The fourth-order valence-electron chi connectivity index (χ4n) is 1.91. The summed E-state index contributed by atoms with van der Waals surface area (Å²) in [6.07, 6.45) is 0.731. The van der Waals surface area contributed by atoms with Crippen molar-refractivity contribution < 1.29 is 4.52 Å². The molecule has 1 aromatic carbocycles. The molecule has 19 heavy (non-hydrogen) atoms. The number of hydrogen-bond donors (Lipinski definition) is 1. The van der Waals surface area contributed by atoms with Crippen LogP contribution < -0.4 is 5.32 Å². The maximum Gasteiger partial charge on any atom is 0.228 e. The molecule has 0 amide bonds. The maximum atomic E-state index is 5.85. The molecular weight excluding hydrogens is 262 g/mol. The molecule has 1 aromatic heterocycles. The molecule has 5 heteroatoms. The monoisotopic (exact) mass is 279 g/mol. The first-order valence-electron chi connectivity index (χ1n) is 6.36. The largest absolute Gasteiger partial charge is 0.339 e. The molecule has 0 fully saturated rings. The fourth-order valence-corrected chi connectivity index (χ4v) is 2.04. The van der Waals surface area contributed by atoms with Crippen molar-refractivity contribution in [2.75, 3.05) is 7.05 Å². The van der Waals surface area contributed by atoms with Crippen molar-refractivity contribution in [3.63, 3.8) is 0 Å². The number of nitrogens with zero attached hydrogens (tertiary/aromatic N) is 2. The van der Waals surface area contributed by atoms with Crippen LogP contribution in [0.3, 0.4) is 0 Å². The average molecular weight is 280 g/mol. The second kappa shape index (κ2) is 6.17.